The van der Waals surface area contributed by atoms with Crippen LogP contribution >= 0.6 is 0 Å². The van der Waals surface area contributed by atoms with Crippen molar-refractivity contribution >= 4 is 23.8 Å². The molecule has 3 aromatic carbocycles. The lowest BCUT2D eigenvalue weighted by molar-refractivity contribution is 0.474. The highest BCUT2D eigenvalue weighted by atomic mass is 16.3. The second-order valence-corrected chi connectivity index (χ2v) is 5.12. The molecular weight excluding hydrogens is 324 g/mol. The van der Waals surface area contributed by atoms with E-state index < -0.39 is 0 Å². The van der Waals surface area contributed by atoms with Gasteiger partial charge in [0.25, 0.3) is 0 Å². The number of para-hydroxylation sites is 4. The Morgan fingerprint density at radius 2 is 0.885 bits per heavy atom. The maximum Gasteiger partial charge on any atom is 0.124 e. The average molecular weight is 348 g/mol. The van der Waals surface area contributed by atoms with E-state index in [9.17, 15) is 10.2 Å². The van der Waals surface area contributed by atoms with Crippen molar-refractivity contribution in [1.82, 2.24) is 0 Å². The minimum absolute atomic E-state index is 0. The molecule has 3 aromatic rings. The molecule has 0 atom stereocenters. The molecule has 0 amide bonds. The lowest BCUT2D eigenvalue weighted by atomic mass is 10.2. The molecule has 3 rings (SSSR count). The van der Waals surface area contributed by atoms with E-state index in [1.54, 1.807) is 48.8 Å². The summed E-state index contributed by atoms with van der Waals surface area (Å²) in [5.74, 6) is 0.355. The van der Waals surface area contributed by atoms with Crippen molar-refractivity contribution in [3.05, 3.63) is 83.9 Å². The van der Waals surface area contributed by atoms with E-state index in [1.165, 1.54) is 0 Å². The number of aliphatic imine (C=N–C) groups is 2. The highest BCUT2D eigenvalue weighted by Crippen LogP contribution is 2.28. The van der Waals surface area contributed by atoms with E-state index >= 15 is 0 Å². The number of nitrogens with zero attached hydrogens (tertiary/aromatic N) is 2. The number of benzene rings is 3. The summed E-state index contributed by atoms with van der Waals surface area (Å²) < 4.78 is 0. The second kappa shape index (κ2) is 9.79. The van der Waals surface area contributed by atoms with E-state index in [0.29, 0.717) is 22.5 Å². The van der Waals surface area contributed by atoms with Crippen molar-refractivity contribution < 1.29 is 10.2 Å². The van der Waals surface area contributed by atoms with E-state index in [2.05, 4.69) is 9.98 Å². The number of phenols is 2. The maximum absolute atomic E-state index is 9.79. The van der Waals surface area contributed by atoms with Crippen molar-refractivity contribution in [1.29, 1.82) is 0 Å². The van der Waals surface area contributed by atoms with Gasteiger partial charge in [-0.1, -0.05) is 51.3 Å². The van der Waals surface area contributed by atoms with Crippen LogP contribution in [-0.4, -0.2) is 22.6 Å². The van der Waals surface area contributed by atoms with Crippen molar-refractivity contribution in [3.63, 3.8) is 0 Å². The molecule has 0 aliphatic carbocycles. The molecule has 0 aliphatic rings. The number of rotatable bonds is 4. The van der Waals surface area contributed by atoms with Crippen molar-refractivity contribution in [2.75, 3.05) is 0 Å². The number of phenolic OH excluding ortho intramolecular Hbond substituents is 2. The van der Waals surface area contributed by atoms with Gasteiger partial charge in [-0.2, -0.15) is 0 Å². The molecule has 0 fully saturated rings. The maximum atomic E-state index is 9.79. The molecule has 0 unspecified atom stereocenters. The zero-order valence-corrected chi connectivity index (χ0v) is 12.9. The smallest absolute Gasteiger partial charge is 0.124 e. The molecule has 4 nitrogen and oxygen atoms in total. The van der Waals surface area contributed by atoms with Gasteiger partial charge in [0.15, 0.2) is 0 Å². The molecule has 0 spiro atoms. The highest BCUT2D eigenvalue weighted by Gasteiger charge is 2.00. The Morgan fingerprint density at radius 1 is 0.538 bits per heavy atom. The van der Waals surface area contributed by atoms with Gasteiger partial charge in [-0.15, -0.1) is 0 Å². The fraction of sp³-hybridized carbons (Fsp3) is 0.0909. The Hall–Kier alpha value is -3.40. The summed E-state index contributed by atoms with van der Waals surface area (Å²) in [5.41, 5.74) is 2.62. The van der Waals surface area contributed by atoms with E-state index in [0.717, 1.165) is 0 Å². The van der Waals surface area contributed by atoms with Crippen LogP contribution in [-0.2, 0) is 0 Å². The van der Waals surface area contributed by atoms with Crippen LogP contribution in [0.4, 0.5) is 11.4 Å². The Bertz CT molecular complexity index is 827. The van der Waals surface area contributed by atoms with E-state index in [4.69, 9.17) is 0 Å². The quantitative estimate of drug-likeness (QED) is 0.579. The minimum Gasteiger partial charge on any atom is -0.507 e. The summed E-state index contributed by atoms with van der Waals surface area (Å²) in [6.45, 7) is 0. The zero-order chi connectivity index (χ0) is 16.8. The second-order valence-electron chi connectivity index (χ2n) is 5.12. The van der Waals surface area contributed by atoms with E-state index in [1.807, 2.05) is 36.4 Å². The molecule has 0 bridgehead atoms. The summed E-state index contributed by atoms with van der Waals surface area (Å²) in [5, 5.41) is 19.6. The van der Waals surface area contributed by atoms with Crippen LogP contribution in [0.3, 0.4) is 0 Å². The lowest BCUT2D eigenvalue weighted by Crippen LogP contribution is -1.82. The highest BCUT2D eigenvalue weighted by molar-refractivity contribution is 5.89. The third-order valence-electron chi connectivity index (χ3n) is 3.44. The molecule has 26 heavy (non-hydrogen) atoms. The predicted molar refractivity (Wildman–Crippen MR) is 111 cm³/mol. The molecule has 0 heterocycles. The summed E-state index contributed by atoms with van der Waals surface area (Å²) in [4.78, 5) is 8.82. The van der Waals surface area contributed by atoms with Crippen LogP contribution in [0.15, 0.2) is 82.8 Å². The normalized spacial score (nSPS) is 10.5. The van der Waals surface area contributed by atoms with Gasteiger partial charge >= 0.3 is 0 Å². The monoisotopic (exact) mass is 348 g/mol. The van der Waals surface area contributed by atoms with Gasteiger partial charge in [-0.05, 0) is 36.4 Å². The van der Waals surface area contributed by atoms with Gasteiger partial charge in [-0.25, -0.2) is 0 Å². The van der Waals surface area contributed by atoms with Crippen LogP contribution in [0, 0.1) is 0 Å². The van der Waals surface area contributed by atoms with Crippen LogP contribution in [0.25, 0.3) is 0 Å². The zero-order valence-electron chi connectivity index (χ0n) is 12.9. The SMILES string of the molecule is C.C.Oc1ccccc1C=Nc1ccccc1N=Cc1ccccc1O. The molecule has 2 N–H and O–H groups in total. The Kier molecular flexibility index (Phi) is 7.77. The standard InChI is InChI=1S/C20H16N2O2.2CH4/c23-19-11-5-1-7-15(19)13-21-17-9-3-4-10-18(17)22-14-16-8-2-6-12-20(16)24;;/h1-14,23-24H;2*1H4. The minimum atomic E-state index is 0. The van der Waals surface area contributed by atoms with Crippen LogP contribution in [0.1, 0.15) is 26.0 Å². The van der Waals surface area contributed by atoms with Gasteiger partial charge in [0, 0.05) is 23.6 Å². The van der Waals surface area contributed by atoms with Crippen molar-refractivity contribution in [3.8, 4) is 11.5 Å². The summed E-state index contributed by atoms with van der Waals surface area (Å²) in [6.07, 6.45) is 3.20. The molecule has 0 aliphatic heterocycles. The number of hydrogen-bond acceptors (Lipinski definition) is 4. The Balaban J connectivity index is 0.00000169. The van der Waals surface area contributed by atoms with Crippen molar-refractivity contribution in [2.24, 2.45) is 9.98 Å². The molecular formula is C22H24N2O2. The molecule has 134 valence electrons. The Morgan fingerprint density at radius 3 is 1.27 bits per heavy atom. The third kappa shape index (κ3) is 5.05. The van der Waals surface area contributed by atoms with Crippen LogP contribution < -0.4 is 0 Å². The van der Waals surface area contributed by atoms with Gasteiger partial charge in [0.2, 0.25) is 0 Å². The van der Waals surface area contributed by atoms with E-state index in [-0.39, 0.29) is 26.4 Å². The average Bonchev–Trinajstić information content (AvgIpc) is 2.61. The van der Waals surface area contributed by atoms with Gasteiger partial charge in [0.1, 0.15) is 11.5 Å². The van der Waals surface area contributed by atoms with Crippen LogP contribution in [0.2, 0.25) is 0 Å². The summed E-state index contributed by atoms with van der Waals surface area (Å²) in [7, 11) is 0. The summed E-state index contributed by atoms with van der Waals surface area (Å²) >= 11 is 0. The van der Waals surface area contributed by atoms with Gasteiger partial charge < -0.3 is 10.2 Å². The fourth-order valence-electron chi connectivity index (χ4n) is 2.15. The number of hydrogen-bond donors (Lipinski definition) is 2. The fourth-order valence-corrected chi connectivity index (χ4v) is 2.15. The molecule has 0 radical (unpaired) electrons. The largest absolute Gasteiger partial charge is 0.507 e. The first-order chi connectivity index (χ1) is 11.7. The van der Waals surface area contributed by atoms with Crippen molar-refractivity contribution in [2.45, 2.75) is 14.9 Å². The molecule has 0 saturated carbocycles. The first-order valence-electron chi connectivity index (χ1n) is 7.47. The van der Waals surface area contributed by atoms with Crippen LogP contribution in [0.5, 0.6) is 11.5 Å². The lowest BCUT2D eigenvalue weighted by Gasteiger charge is -2.01. The topological polar surface area (TPSA) is 65.2 Å². The molecule has 4 heteroatoms. The van der Waals surface area contributed by atoms with Gasteiger partial charge in [-0.3, -0.25) is 9.98 Å². The first kappa shape index (κ1) is 20.6. The summed E-state index contributed by atoms with van der Waals surface area (Å²) in [6, 6.07) is 21.4. The number of aromatic hydroxyl groups is 2. The Labute approximate surface area is 154 Å². The first-order valence-corrected chi connectivity index (χ1v) is 7.47. The predicted octanol–water partition coefficient (Wildman–Crippen LogP) is 5.87. The third-order valence-corrected chi connectivity index (χ3v) is 3.44. The molecule has 0 saturated heterocycles. The van der Waals surface area contributed by atoms with Gasteiger partial charge in [0.05, 0.1) is 11.4 Å². The molecule has 0 aromatic heterocycles.